The van der Waals surface area contributed by atoms with E-state index in [1.807, 2.05) is 19.1 Å². The van der Waals surface area contributed by atoms with Gasteiger partial charge in [-0.2, -0.15) is 0 Å². The van der Waals surface area contributed by atoms with E-state index in [4.69, 9.17) is 9.47 Å². The van der Waals surface area contributed by atoms with Crippen LogP contribution in [0.25, 0.3) is 0 Å². The molecule has 25 heavy (non-hydrogen) atoms. The number of hydrogen-bond donors (Lipinski definition) is 1. The molecule has 2 aromatic rings. The molecule has 3 rings (SSSR count). The molecule has 6 nitrogen and oxygen atoms in total. The molecule has 1 fully saturated rings. The number of ether oxygens (including phenoxy) is 2. The maximum absolute atomic E-state index is 12.4. The van der Waals surface area contributed by atoms with Gasteiger partial charge in [0, 0.05) is 24.0 Å². The first kappa shape index (κ1) is 17.2. The standard InChI is InChI=1S/C19H23N3O3/c1-2-24-16-8-4-14(5-9-16)18(23)22-15-6-10-17(11-7-15)25-19-20-12-3-13-21-19/h3-5,8-9,12-13,15,17H,2,6-7,10-11H2,1H3,(H,22,23). The fraction of sp³-hybridized carbons (Fsp3) is 0.421. The molecule has 1 saturated carbocycles. The highest BCUT2D eigenvalue weighted by atomic mass is 16.5. The Bertz CT molecular complexity index is 668. The van der Waals surface area contributed by atoms with Crippen molar-refractivity contribution in [3.63, 3.8) is 0 Å². The lowest BCUT2D eigenvalue weighted by atomic mass is 9.92. The Kier molecular flexibility index (Phi) is 5.82. The summed E-state index contributed by atoms with van der Waals surface area (Å²) >= 11 is 0. The third-order valence-corrected chi connectivity index (χ3v) is 4.25. The molecule has 1 aromatic carbocycles. The molecular weight excluding hydrogens is 318 g/mol. The smallest absolute Gasteiger partial charge is 0.316 e. The van der Waals surface area contributed by atoms with Crippen molar-refractivity contribution in [2.75, 3.05) is 6.61 Å². The molecular formula is C19H23N3O3. The highest BCUT2D eigenvalue weighted by molar-refractivity contribution is 5.94. The lowest BCUT2D eigenvalue weighted by molar-refractivity contribution is 0.0885. The number of hydrogen-bond acceptors (Lipinski definition) is 5. The number of carbonyl (C=O) groups is 1. The van der Waals surface area contributed by atoms with E-state index in [0.29, 0.717) is 18.2 Å². The van der Waals surface area contributed by atoms with Crippen molar-refractivity contribution >= 4 is 5.91 Å². The summed E-state index contributed by atoms with van der Waals surface area (Å²) in [5.41, 5.74) is 0.652. The van der Waals surface area contributed by atoms with Gasteiger partial charge in [-0.05, 0) is 62.9 Å². The van der Waals surface area contributed by atoms with Gasteiger partial charge in [0.05, 0.1) is 6.61 Å². The minimum atomic E-state index is -0.0428. The van der Waals surface area contributed by atoms with Crippen molar-refractivity contribution in [1.29, 1.82) is 0 Å². The third-order valence-electron chi connectivity index (χ3n) is 4.25. The van der Waals surface area contributed by atoms with Gasteiger partial charge in [0.15, 0.2) is 0 Å². The summed E-state index contributed by atoms with van der Waals surface area (Å²) in [6, 6.07) is 9.59. The number of amides is 1. The van der Waals surface area contributed by atoms with Crippen LogP contribution in [0.15, 0.2) is 42.7 Å². The minimum absolute atomic E-state index is 0.0428. The molecule has 6 heteroatoms. The minimum Gasteiger partial charge on any atom is -0.494 e. The molecule has 0 aliphatic heterocycles. The first-order chi connectivity index (χ1) is 12.2. The van der Waals surface area contributed by atoms with Gasteiger partial charge in [-0.3, -0.25) is 4.79 Å². The zero-order valence-corrected chi connectivity index (χ0v) is 14.4. The van der Waals surface area contributed by atoms with E-state index in [1.54, 1.807) is 30.6 Å². The SMILES string of the molecule is CCOc1ccc(C(=O)NC2CCC(Oc3ncccn3)CC2)cc1. The van der Waals surface area contributed by atoms with E-state index in [1.165, 1.54) is 0 Å². The summed E-state index contributed by atoms with van der Waals surface area (Å²) in [4.78, 5) is 20.5. The van der Waals surface area contributed by atoms with Gasteiger partial charge in [-0.25, -0.2) is 9.97 Å². The number of nitrogens with zero attached hydrogens (tertiary/aromatic N) is 2. The molecule has 0 unspecified atom stereocenters. The van der Waals surface area contributed by atoms with Gasteiger partial charge in [0.2, 0.25) is 0 Å². The molecule has 1 N–H and O–H groups in total. The molecule has 1 aliphatic carbocycles. The number of carbonyl (C=O) groups excluding carboxylic acids is 1. The Morgan fingerprint density at radius 1 is 1.12 bits per heavy atom. The summed E-state index contributed by atoms with van der Waals surface area (Å²) in [5.74, 6) is 0.735. The molecule has 1 heterocycles. The molecule has 0 bridgehead atoms. The molecule has 0 spiro atoms. The van der Waals surface area contributed by atoms with E-state index >= 15 is 0 Å². The van der Waals surface area contributed by atoms with Crippen LogP contribution in [0.4, 0.5) is 0 Å². The maximum Gasteiger partial charge on any atom is 0.316 e. The molecule has 1 aromatic heterocycles. The van der Waals surface area contributed by atoms with E-state index in [9.17, 15) is 4.79 Å². The molecule has 1 amide bonds. The summed E-state index contributed by atoms with van der Waals surface area (Å²) in [7, 11) is 0. The van der Waals surface area contributed by atoms with Crippen molar-refractivity contribution in [2.45, 2.75) is 44.8 Å². The summed E-state index contributed by atoms with van der Waals surface area (Å²) in [5, 5.41) is 3.10. The van der Waals surface area contributed by atoms with E-state index in [2.05, 4.69) is 15.3 Å². The van der Waals surface area contributed by atoms with Crippen molar-refractivity contribution in [2.24, 2.45) is 0 Å². The average molecular weight is 341 g/mol. The zero-order chi connectivity index (χ0) is 17.5. The number of aromatic nitrogens is 2. The number of nitrogens with one attached hydrogen (secondary N) is 1. The fourth-order valence-electron chi connectivity index (χ4n) is 2.96. The van der Waals surface area contributed by atoms with Crippen LogP contribution in [0.3, 0.4) is 0 Å². The fourth-order valence-corrected chi connectivity index (χ4v) is 2.96. The molecule has 0 radical (unpaired) electrons. The van der Waals surface area contributed by atoms with Crippen LogP contribution in [0, 0.1) is 0 Å². The Morgan fingerprint density at radius 3 is 2.44 bits per heavy atom. The number of benzene rings is 1. The van der Waals surface area contributed by atoms with Crippen LogP contribution < -0.4 is 14.8 Å². The lowest BCUT2D eigenvalue weighted by Gasteiger charge is -2.28. The first-order valence-corrected chi connectivity index (χ1v) is 8.72. The van der Waals surface area contributed by atoms with Crippen LogP contribution >= 0.6 is 0 Å². The molecule has 0 atom stereocenters. The zero-order valence-electron chi connectivity index (χ0n) is 14.4. The van der Waals surface area contributed by atoms with Gasteiger partial charge in [-0.1, -0.05) is 0 Å². The predicted octanol–water partition coefficient (Wildman–Crippen LogP) is 3.00. The van der Waals surface area contributed by atoms with Crippen molar-refractivity contribution in [1.82, 2.24) is 15.3 Å². The Morgan fingerprint density at radius 2 is 1.80 bits per heavy atom. The monoisotopic (exact) mass is 341 g/mol. The average Bonchev–Trinajstić information content (AvgIpc) is 2.65. The van der Waals surface area contributed by atoms with E-state index < -0.39 is 0 Å². The van der Waals surface area contributed by atoms with Crippen LogP contribution in [0.2, 0.25) is 0 Å². The summed E-state index contributed by atoms with van der Waals surface area (Å²) in [6.45, 7) is 2.55. The van der Waals surface area contributed by atoms with E-state index in [0.717, 1.165) is 31.4 Å². The van der Waals surface area contributed by atoms with Crippen molar-refractivity contribution < 1.29 is 14.3 Å². The van der Waals surface area contributed by atoms with Crippen LogP contribution in [0.1, 0.15) is 43.0 Å². The second-order valence-corrected chi connectivity index (χ2v) is 6.05. The molecule has 0 saturated heterocycles. The van der Waals surface area contributed by atoms with Gasteiger partial charge < -0.3 is 14.8 Å². The van der Waals surface area contributed by atoms with Gasteiger partial charge in [0.1, 0.15) is 11.9 Å². The normalized spacial score (nSPS) is 19.9. The van der Waals surface area contributed by atoms with Gasteiger partial charge in [0.25, 0.3) is 5.91 Å². The summed E-state index contributed by atoms with van der Waals surface area (Å²) in [6.07, 6.45) is 7.00. The second-order valence-electron chi connectivity index (χ2n) is 6.05. The topological polar surface area (TPSA) is 73.3 Å². The van der Waals surface area contributed by atoms with Crippen LogP contribution in [0.5, 0.6) is 11.8 Å². The predicted molar refractivity (Wildman–Crippen MR) is 93.8 cm³/mol. The largest absolute Gasteiger partial charge is 0.494 e. The Hall–Kier alpha value is -2.63. The number of rotatable bonds is 6. The highest BCUT2D eigenvalue weighted by Crippen LogP contribution is 2.22. The van der Waals surface area contributed by atoms with Gasteiger partial charge >= 0.3 is 6.01 Å². The molecule has 132 valence electrons. The van der Waals surface area contributed by atoms with Crippen LogP contribution in [-0.2, 0) is 0 Å². The second kappa shape index (κ2) is 8.46. The maximum atomic E-state index is 12.4. The lowest BCUT2D eigenvalue weighted by Crippen LogP contribution is -2.39. The van der Waals surface area contributed by atoms with Crippen molar-refractivity contribution in [3.8, 4) is 11.8 Å². The molecule has 1 aliphatic rings. The third kappa shape index (κ3) is 4.92. The Balaban J connectivity index is 1.46. The van der Waals surface area contributed by atoms with E-state index in [-0.39, 0.29) is 18.1 Å². The van der Waals surface area contributed by atoms with Crippen LogP contribution in [-0.4, -0.2) is 34.6 Å². The summed E-state index contributed by atoms with van der Waals surface area (Å²) < 4.78 is 11.2. The quantitative estimate of drug-likeness (QED) is 0.874. The van der Waals surface area contributed by atoms with Crippen molar-refractivity contribution in [3.05, 3.63) is 48.3 Å². The van der Waals surface area contributed by atoms with Gasteiger partial charge in [-0.15, -0.1) is 0 Å². The highest BCUT2D eigenvalue weighted by Gasteiger charge is 2.24. The first-order valence-electron chi connectivity index (χ1n) is 8.72. The Labute approximate surface area is 147 Å².